The van der Waals surface area contributed by atoms with Crippen molar-refractivity contribution in [3.63, 3.8) is 0 Å². The third kappa shape index (κ3) is 30.4. The smallest absolute Gasteiger partial charge is 0.306 e. The third-order valence-electron chi connectivity index (χ3n) is 6.02. The molecule has 4 nitrogen and oxygen atoms in total. The molecule has 0 aromatic rings. The van der Waals surface area contributed by atoms with Gasteiger partial charge in [-0.25, -0.2) is 0 Å². The molecule has 0 saturated carbocycles. The van der Waals surface area contributed by atoms with E-state index in [1.807, 2.05) is 12.2 Å². The number of hydrogen-bond donors (Lipinski definition) is 2. The maximum Gasteiger partial charge on any atom is 0.306 e. The first-order valence-electron chi connectivity index (χ1n) is 13.7. The Morgan fingerprint density at radius 1 is 0.636 bits per heavy atom. The second-order valence-corrected chi connectivity index (χ2v) is 9.21. The summed E-state index contributed by atoms with van der Waals surface area (Å²) in [6, 6.07) is 0. The predicted octanol–water partition coefficient (Wildman–Crippen LogP) is 9.34. The first-order chi connectivity index (χ1) is 16.0. The molecule has 0 heterocycles. The van der Waals surface area contributed by atoms with Crippen LogP contribution in [0.2, 0.25) is 0 Å². The van der Waals surface area contributed by atoms with Crippen molar-refractivity contribution >= 4 is 11.9 Å². The van der Waals surface area contributed by atoms with Crippen LogP contribution in [0.1, 0.15) is 142 Å². The molecule has 1 unspecified atom stereocenters. The molecule has 194 valence electrons. The Morgan fingerprint density at radius 2 is 1.03 bits per heavy atom. The summed E-state index contributed by atoms with van der Waals surface area (Å²) >= 11 is 0. The van der Waals surface area contributed by atoms with Crippen LogP contribution in [-0.4, -0.2) is 22.2 Å². The minimum atomic E-state index is -0.674. The van der Waals surface area contributed by atoms with Gasteiger partial charge < -0.3 is 10.2 Å². The van der Waals surface area contributed by atoms with E-state index in [9.17, 15) is 14.7 Å². The van der Waals surface area contributed by atoms with Gasteiger partial charge in [-0.1, -0.05) is 103 Å². The lowest BCUT2D eigenvalue weighted by molar-refractivity contribution is -0.142. The van der Waals surface area contributed by atoms with Gasteiger partial charge in [-0.2, -0.15) is 0 Å². The summed E-state index contributed by atoms with van der Waals surface area (Å²) in [5.74, 6) is -1.37. The molecule has 0 rings (SSSR count). The van der Waals surface area contributed by atoms with Crippen molar-refractivity contribution in [3.05, 3.63) is 25.3 Å². The van der Waals surface area contributed by atoms with Gasteiger partial charge in [0.05, 0.1) is 5.92 Å². The fraction of sp³-hybridized carbons (Fsp3) is 0.793. The normalized spacial score (nSPS) is 11.3. The highest BCUT2D eigenvalue weighted by Crippen LogP contribution is 2.19. The summed E-state index contributed by atoms with van der Waals surface area (Å²) in [5.41, 5.74) is 0. The number of carbonyl (C=O) groups is 2. The zero-order valence-corrected chi connectivity index (χ0v) is 21.7. The minimum Gasteiger partial charge on any atom is -0.481 e. The van der Waals surface area contributed by atoms with Gasteiger partial charge >= 0.3 is 11.9 Å². The third-order valence-corrected chi connectivity index (χ3v) is 6.02. The average Bonchev–Trinajstić information content (AvgIpc) is 2.78. The molecule has 0 saturated heterocycles. The molecular weight excluding hydrogens is 412 g/mol. The standard InChI is InChI=1S/C18H34O2.C11H20O2/c1-3-5-7-9-10-12-14-16-17(18(19)20)15-13-11-8-6-4-2;1-2-3-4-5-6-7-8-9-10-11(12)13/h3,17H,1,4-16H2,2H3,(H,19,20);2H,1,3-10H2,(H,12,13). The molecule has 2 N–H and O–H groups in total. The lowest BCUT2D eigenvalue weighted by atomic mass is 9.94. The predicted molar refractivity (Wildman–Crippen MR) is 142 cm³/mol. The molecular formula is C29H54O4. The van der Waals surface area contributed by atoms with Crippen molar-refractivity contribution in [2.75, 3.05) is 0 Å². The first kappa shape index (κ1) is 33.6. The zero-order valence-electron chi connectivity index (χ0n) is 21.7. The average molecular weight is 467 g/mol. The Bertz CT molecular complexity index is 459. The lowest BCUT2D eigenvalue weighted by Gasteiger charge is -2.12. The Hall–Kier alpha value is -1.58. The fourth-order valence-corrected chi connectivity index (χ4v) is 3.87. The number of hydrogen-bond acceptors (Lipinski definition) is 2. The molecule has 4 heteroatoms. The highest BCUT2D eigenvalue weighted by molar-refractivity contribution is 5.69. The van der Waals surface area contributed by atoms with Gasteiger partial charge in [0.15, 0.2) is 0 Å². The number of allylic oxidation sites excluding steroid dienone is 2. The van der Waals surface area contributed by atoms with E-state index in [-0.39, 0.29) is 5.92 Å². The molecule has 33 heavy (non-hydrogen) atoms. The number of carboxylic acids is 2. The quantitative estimate of drug-likeness (QED) is 0.110. The van der Waals surface area contributed by atoms with E-state index in [0.717, 1.165) is 51.4 Å². The molecule has 0 amide bonds. The summed E-state index contributed by atoms with van der Waals surface area (Å²) in [7, 11) is 0. The second kappa shape index (κ2) is 28.5. The number of rotatable bonds is 24. The number of carboxylic acid groups (broad SMARTS) is 2. The molecule has 0 fully saturated rings. The van der Waals surface area contributed by atoms with Gasteiger partial charge in [-0.3, -0.25) is 9.59 Å². The molecule has 0 aromatic carbocycles. The Kier molecular flexibility index (Phi) is 29.0. The molecule has 0 spiro atoms. The van der Waals surface area contributed by atoms with Crippen LogP contribution >= 0.6 is 0 Å². The van der Waals surface area contributed by atoms with Crippen LogP contribution in [0.25, 0.3) is 0 Å². The Morgan fingerprint density at radius 3 is 1.42 bits per heavy atom. The minimum absolute atomic E-state index is 0.107. The highest BCUT2D eigenvalue weighted by atomic mass is 16.4. The second-order valence-electron chi connectivity index (χ2n) is 9.21. The molecule has 0 aliphatic heterocycles. The molecule has 0 bridgehead atoms. The monoisotopic (exact) mass is 466 g/mol. The van der Waals surface area contributed by atoms with Crippen LogP contribution in [0.15, 0.2) is 25.3 Å². The van der Waals surface area contributed by atoms with Gasteiger partial charge in [0, 0.05) is 6.42 Å². The number of unbranched alkanes of at least 4 members (excludes halogenated alkanes) is 15. The molecule has 0 radical (unpaired) electrons. The SMILES string of the molecule is C=CCCCCCCCC(CCCCCCC)C(=O)O.C=CCCCCCCCCC(=O)O. The van der Waals surface area contributed by atoms with E-state index in [1.165, 1.54) is 77.0 Å². The largest absolute Gasteiger partial charge is 0.481 e. The lowest BCUT2D eigenvalue weighted by Crippen LogP contribution is -2.13. The van der Waals surface area contributed by atoms with Crippen molar-refractivity contribution in [1.29, 1.82) is 0 Å². The van der Waals surface area contributed by atoms with Gasteiger partial charge in [0.2, 0.25) is 0 Å². The van der Waals surface area contributed by atoms with Gasteiger partial charge in [-0.05, 0) is 44.9 Å². The van der Waals surface area contributed by atoms with Gasteiger partial charge in [0.1, 0.15) is 0 Å². The summed E-state index contributed by atoms with van der Waals surface area (Å²) in [5, 5.41) is 17.6. The fourth-order valence-electron chi connectivity index (χ4n) is 3.87. The topological polar surface area (TPSA) is 74.6 Å². The van der Waals surface area contributed by atoms with E-state index >= 15 is 0 Å². The summed E-state index contributed by atoms with van der Waals surface area (Å²) in [6.07, 6.45) is 27.0. The van der Waals surface area contributed by atoms with Crippen LogP contribution in [0, 0.1) is 5.92 Å². The number of aliphatic carboxylic acids is 2. The van der Waals surface area contributed by atoms with Crippen LogP contribution in [-0.2, 0) is 9.59 Å². The van der Waals surface area contributed by atoms with E-state index < -0.39 is 11.9 Å². The molecule has 1 atom stereocenters. The van der Waals surface area contributed by atoms with Crippen LogP contribution in [0.4, 0.5) is 0 Å². The van der Waals surface area contributed by atoms with E-state index in [4.69, 9.17) is 5.11 Å². The summed E-state index contributed by atoms with van der Waals surface area (Å²) in [6.45, 7) is 9.58. The van der Waals surface area contributed by atoms with Crippen LogP contribution < -0.4 is 0 Å². The van der Waals surface area contributed by atoms with Gasteiger partial charge in [-0.15, -0.1) is 13.2 Å². The highest BCUT2D eigenvalue weighted by Gasteiger charge is 2.16. The molecule has 0 aromatic heterocycles. The Balaban J connectivity index is 0. The van der Waals surface area contributed by atoms with Crippen molar-refractivity contribution in [1.82, 2.24) is 0 Å². The summed E-state index contributed by atoms with van der Waals surface area (Å²) < 4.78 is 0. The van der Waals surface area contributed by atoms with Crippen LogP contribution in [0.3, 0.4) is 0 Å². The zero-order chi connectivity index (χ0) is 25.0. The van der Waals surface area contributed by atoms with E-state index in [0.29, 0.717) is 6.42 Å². The van der Waals surface area contributed by atoms with Crippen molar-refractivity contribution in [2.45, 2.75) is 142 Å². The van der Waals surface area contributed by atoms with E-state index in [1.54, 1.807) is 0 Å². The van der Waals surface area contributed by atoms with Crippen LogP contribution in [0.5, 0.6) is 0 Å². The maximum absolute atomic E-state index is 11.2. The summed E-state index contributed by atoms with van der Waals surface area (Å²) in [4.78, 5) is 21.4. The molecule has 0 aliphatic rings. The Labute approximate surface area is 204 Å². The van der Waals surface area contributed by atoms with Crippen molar-refractivity contribution < 1.29 is 19.8 Å². The van der Waals surface area contributed by atoms with Gasteiger partial charge in [0.25, 0.3) is 0 Å². The first-order valence-corrected chi connectivity index (χ1v) is 13.7. The van der Waals surface area contributed by atoms with Crippen molar-refractivity contribution in [2.24, 2.45) is 5.92 Å². The van der Waals surface area contributed by atoms with Crippen molar-refractivity contribution in [3.8, 4) is 0 Å². The molecule has 0 aliphatic carbocycles. The van der Waals surface area contributed by atoms with E-state index in [2.05, 4.69) is 20.1 Å². The maximum atomic E-state index is 11.2.